The minimum Gasteiger partial charge on any atom is -0.493 e. The zero-order valence-corrected chi connectivity index (χ0v) is 20.3. The van der Waals surface area contributed by atoms with E-state index in [-0.39, 0.29) is 29.5 Å². The maximum Gasteiger partial charge on any atom is 0.191 e. The Bertz CT molecular complexity index is 616. The first-order chi connectivity index (χ1) is 13.0. The van der Waals surface area contributed by atoms with Crippen molar-refractivity contribution < 1.29 is 9.47 Å². The predicted molar refractivity (Wildman–Crippen MR) is 128 cm³/mol. The second kappa shape index (κ2) is 12.4. The lowest BCUT2D eigenvalue weighted by Crippen LogP contribution is -2.55. The molecule has 6 nitrogen and oxygen atoms in total. The summed E-state index contributed by atoms with van der Waals surface area (Å²) in [4.78, 5) is 6.94. The van der Waals surface area contributed by atoms with Crippen LogP contribution < -0.4 is 20.1 Å². The first kappa shape index (κ1) is 24.8. The van der Waals surface area contributed by atoms with Gasteiger partial charge in [-0.05, 0) is 63.9 Å². The van der Waals surface area contributed by atoms with Gasteiger partial charge in [0.1, 0.15) is 0 Å². The lowest BCUT2D eigenvalue weighted by atomic mass is 9.98. The Labute approximate surface area is 187 Å². The molecule has 1 aromatic carbocycles. The van der Waals surface area contributed by atoms with Crippen molar-refractivity contribution in [3.05, 3.63) is 23.8 Å². The maximum absolute atomic E-state index is 5.37. The van der Waals surface area contributed by atoms with Gasteiger partial charge in [-0.1, -0.05) is 12.5 Å². The highest BCUT2D eigenvalue weighted by Crippen LogP contribution is 2.27. The molecule has 1 saturated heterocycles. The van der Waals surface area contributed by atoms with E-state index in [1.54, 1.807) is 14.2 Å². The fraction of sp³-hybridized carbons (Fsp3) is 0.667. The van der Waals surface area contributed by atoms with E-state index < -0.39 is 0 Å². The van der Waals surface area contributed by atoms with Gasteiger partial charge in [0, 0.05) is 25.7 Å². The fourth-order valence-electron chi connectivity index (χ4n) is 3.49. The summed E-state index contributed by atoms with van der Waals surface area (Å²) in [5.41, 5.74) is 1.32. The Hall–Kier alpha value is -1.22. The van der Waals surface area contributed by atoms with E-state index in [0.29, 0.717) is 0 Å². The summed E-state index contributed by atoms with van der Waals surface area (Å²) in [6, 6.07) is 6.04. The van der Waals surface area contributed by atoms with E-state index >= 15 is 0 Å². The van der Waals surface area contributed by atoms with Crippen LogP contribution in [0.1, 0.15) is 38.7 Å². The number of nitrogens with one attached hydrogen (secondary N) is 2. The van der Waals surface area contributed by atoms with Crippen LogP contribution in [-0.4, -0.2) is 63.8 Å². The van der Waals surface area contributed by atoms with Crippen LogP contribution in [0.2, 0.25) is 0 Å². The molecule has 1 aliphatic heterocycles. The topological polar surface area (TPSA) is 58.1 Å². The third-order valence-electron chi connectivity index (χ3n) is 5.28. The Kier molecular flexibility index (Phi) is 11.0. The number of likely N-dealkylation sites (tertiary alicyclic amines) is 1. The summed E-state index contributed by atoms with van der Waals surface area (Å²) in [6.07, 6.45) is 4.86. The molecule has 1 aliphatic rings. The lowest BCUT2D eigenvalue weighted by molar-refractivity contribution is 0.0982. The van der Waals surface area contributed by atoms with Crippen molar-refractivity contribution in [1.29, 1.82) is 0 Å². The molecule has 0 aliphatic carbocycles. The molecule has 0 aromatic heterocycles. The molecule has 7 heteroatoms. The number of piperidine rings is 1. The molecule has 28 heavy (non-hydrogen) atoms. The monoisotopic (exact) mass is 504 g/mol. The van der Waals surface area contributed by atoms with Crippen molar-refractivity contribution in [2.24, 2.45) is 4.99 Å². The Morgan fingerprint density at radius 3 is 2.36 bits per heavy atom. The number of hydrogen-bond acceptors (Lipinski definition) is 4. The molecule has 1 heterocycles. The van der Waals surface area contributed by atoms with E-state index in [2.05, 4.69) is 40.4 Å². The van der Waals surface area contributed by atoms with Gasteiger partial charge in [-0.3, -0.25) is 9.89 Å². The van der Waals surface area contributed by atoms with E-state index in [1.807, 2.05) is 19.2 Å². The third kappa shape index (κ3) is 7.31. The number of rotatable bonds is 8. The molecule has 0 radical (unpaired) electrons. The van der Waals surface area contributed by atoms with E-state index in [4.69, 9.17) is 9.47 Å². The predicted octanol–water partition coefficient (Wildman–Crippen LogP) is 3.29. The van der Waals surface area contributed by atoms with Crippen LogP contribution in [0.15, 0.2) is 23.2 Å². The minimum absolute atomic E-state index is 0. The SMILES string of the molecule is CN=C(NCCc1ccc(OC)c(OC)c1)NCC(C)(C)N1CCCCC1.I. The molecular formula is C21H37IN4O2. The van der Waals surface area contributed by atoms with Crippen LogP contribution in [-0.2, 0) is 6.42 Å². The van der Waals surface area contributed by atoms with Crippen molar-refractivity contribution in [1.82, 2.24) is 15.5 Å². The quantitative estimate of drug-likeness (QED) is 0.323. The number of nitrogens with zero attached hydrogens (tertiary/aromatic N) is 2. The van der Waals surface area contributed by atoms with Crippen molar-refractivity contribution in [3.8, 4) is 11.5 Å². The van der Waals surface area contributed by atoms with Gasteiger partial charge >= 0.3 is 0 Å². The zero-order chi connectivity index (χ0) is 19.7. The second-order valence-electron chi connectivity index (χ2n) is 7.65. The number of guanidine groups is 1. The van der Waals surface area contributed by atoms with Crippen molar-refractivity contribution in [2.45, 2.75) is 45.1 Å². The zero-order valence-electron chi connectivity index (χ0n) is 18.0. The van der Waals surface area contributed by atoms with Crippen LogP contribution in [0.4, 0.5) is 0 Å². The third-order valence-corrected chi connectivity index (χ3v) is 5.28. The maximum atomic E-state index is 5.37. The first-order valence-electron chi connectivity index (χ1n) is 9.90. The van der Waals surface area contributed by atoms with Crippen LogP contribution >= 0.6 is 24.0 Å². The molecule has 0 spiro atoms. The number of hydrogen-bond donors (Lipinski definition) is 2. The molecule has 1 aromatic rings. The molecule has 0 bridgehead atoms. The van der Waals surface area contributed by atoms with Gasteiger partial charge in [-0.15, -0.1) is 24.0 Å². The average Bonchev–Trinajstić information content (AvgIpc) is 2.71. The number of halogens is 1. The van der Waals surface area contributed by atoms with Crippen molar-refractivity contribution in [3.63, 3.8) is 0 Å². The highest BCUT2D eigenvalue weighted by atomic mass is 127. The largest absolute Gasteiger partial charge is 0.493 e. The van der Waals surface area contributed by atoms with Crippen molar-refractivity contribution in [2.75, 3.05) is 47.4 Å². The Morgan fingerprint density at radius 2 is 1.75 bits per heavy atom. The van der Waals surface area contributed by atoms with Gasteiger partial charge in [0.05, 0.1) is 14.2 Å². The van der Waals surface area contributed by atoms with Crippen LogP contribution in [0.25, 0.3) is 0 Å². The molecule has 0 amide bonds. The second-order valence-corrected chi connectivity index (χ2v) is 7.65. The summed E-state index contributed by atoms with van der Waals surface area (Å²) in [5, 5.41) is 6.89. The molecule has 0 atom stereocenters. The summed E-state index contributed by atoms with van der Waals surface area (Å²) >= 11 is 0. The normalized spacial score (nSPS) is 15.5. The fourth-order valence-corrected chi connectivity index (χ4v) is 3.49. The number of aliphatic imine (C=N–C) groups is 1. The van der Waals surface area contributed by atoms with Gasteiger partial charge in [0.2, 0.25) is 0 Å². The first-order valence-corrected chi connectivity index (χ1v) is 9.90. The Morgan fingerprint density at radius 1 is 1.07 bits per heavy atom. The number of methoxy groups -OCH3 is 2. The van der Waals surface area contributed by atoms with Gasteiger partial charge in [-0.2, -0.15) is 0 Å². The number of ether oxygens (including phenoxy) is 2. The highest BCUT2D eigenvalue weighted by Gasteiger charge is 2.27. The van der Waals surface area contributed by atoms with Gasteiger partial charge in [-0.25, -0.2) is 0 Å². The molecule has 1 fully saturated rings. The van der Waals surface area contributed by atoms with Gasteiger partial charge in [0.25, 0.3) is 0 Å². The van der Waals surface area contributed by atoms with Crippen molar-refractivity contribution >= 4 is 29.9 Å². The van der Waals surface area contributed by atoms with Gasteiger partial charge in [0.15, 0.2) is 17.5 Å². The van der Waals surface area contributed by atoms with Gasteiger partial charge < -0.3 is 20.1 Å². The smallest absolute Gasteiger partial charge is 0.191 e. The average molecular weight is 504 g/mol. The molecule has 0 saturated carbocycles. The standard InChI is InChI=1S/C21H36N4O2.HI/c1-21(2,25-13-7-6-8-14-25)16-24-20(22-3)23-12-11-17-9-10-18(26-4)19(15-17)27-5;/h9-10,15H,6-8,11-14,16H2,1-5H3,(H2,22,23,24);1H. The highest BCUT2D eigenvalue weighted by molar-refractivity contribution is 14.0. The summed E-state index contributed by atoms with van der Waals surface area (Å²) in [7, 11) is 5.13. The lowest BCUT2D eigenvalue weighted by Gasteiger charge is -2.41. The molecule has 2 rings (SSSR count). The van der Waals surface area contributed by atoms with Crippen LogP contribution in [0.5, 0.6) is 11.5 Å². The number of benzene rings is 1. The van der Waals surface area contributed by atoms with E-state index in [0.717, 1.165) is 37.0 Å². The molecule has 0 unspecified atom stereocenters. The van der Waals surface area contributed by atoms with E-state index in [1.165, 1.54) is 37.9 Å². The Balaban J connectivity index is 0.00000392. The summed E-state index contributed by atoms with van der Waals surface area (Å²) in [6.45, 7) is 8.69. The summed E-state index contributed by atoms with van der Waals surface area (Å²) in [5.74, 6) is 2.37. The summed E-state index contributed by atoms with van der Waals surface area (Å²) < 4.78 is 10.7. The molecule has 2 N–H and O–H groups in total. The van der Waals surface area contributed by atoms with Crippen LogP contribution in [0, 0.1) is 0 Å². The van der Waals surface area contributed by atoms with E-state index in [9.17, 15) is 0 Å². The van der Waals surface area contributed by atoms with Crippen LogP contribution in [0.3, 0.4) is 0 Å². The molecule has 160 valence electrons. The minimum atomic E-state index is 0. The molecular weight excluding hydrogens is 467 g/mol.